The van der Waals surface area contributed by atoms with E-state index in [0.29, 0.717) is 5.69 Å². The smallest absolute Gasteiger partial charge is 0.0765 e. The lowest BCUT2D eigenvalue weighted by atomic mass is 10.2. The van der Waals surface area contributed by atoms with Gasteiger partial charge in [-0.1, -0.05) is 5.11 Å². The van der Waals surface area contributed by atoms with Crippen LogP contribution in [0.3, 0.4) is 0 Å². The molecule has 0 aliphatic rings. The summed E-state index contributed by atoms with van der Waals surface area (Å²) in [6.45, 7) is 3.91. The first-order valence-electron chi connectivity index (χ1n) is 5.93. The van der Waals surface area contributed by atoms with Gasteiger partial charge in [0.1, 0.15) is 0 Å². The van der Waals surface area contributed by atoms with E-state index >= 15 is 0 Å². The molecule has 2 aromatic rings. The third kappa shape index (κ3) is 2.53. The van der Waals surface area contributed by atoms with Gasteiger partial charge in [0.25, 0.3) is 0 Å². The minimum Gasteiger partial charge on any atom is -0.378 e. The van der Waals surface area contributed by atoms with Crippen molar-refractivity contribution in [2.24, 2.45) is 5.11 Å². The predicted molar refractivity (Wildman–Crippen MR) is 76.2 cm³/mol. The standard InChI is InChI=1S/C13H16N6/c1-9-7-10(2)19(16-9)13-8-11(18(3)4)5-6-12(13)15-17-14/h5-8H,1-4H3. The topological polar surface area (TPSA) is 69.8 Å². The number of aryl methyl sites for hydroxylation is 2. The van der Waals surface area contributed by atoms with Gasteiger partial charge in [-0.2, -0.15) is 5.10 Å². The Balaban J connectivity index is 2.67. The first kappa shape index (κ1) is 13.0. The largest absolute Gasteiger partial charge is 0.378 e. The molecule has 6 heteroatoms. The summed E-state index contributed by atoms with van der Waals surface area (Å²) in [5, 5.41) is 8.17. The third-order valence-electron chi connectivity index (χ3n) is 2.87. The molecule has 0 saturated heterocycles. The zero-order valence-corrected chi connectivity index (χ0v) is 11.5. The van der Waals surface area contributed by atoms with Crippen molar-refractivity contribution >= 4 is 11.4 Å². The van der Waals surface area contributed by atoms with Crippen molar-refractivity contribution in [1.29, 1.82) is 0 Å². The van der Waals surface area contributed by atoms with Crippen molar-refractivity contribution in [3.63, 3.8) is 0 Å². The lowest BCUT2D eigenvalue weighted by Crippen LogP contribution is -2.09. The van der Waals surface area contributed by atoms with Crippen molar-refractivity contribution in [2.75, 3.05) is 19.0 Å². The van der Waals surface area contributed by atoms with E-state index in [4.69, 9.17) is 5.53 Å². The fourth-order valence-electron chi connectivity index (χ4n) is 1.97. The molecule has 19 heavy (non-hydrogen) atoms. The minimum absolute atomic E-state index is 0.569. The highest BCUT2D eigenvalue weighted by atomic mass is 15.3. The summed E-state index contributed by atoms with van der Waals surface area (Å²) in [7, 11) is 3.93. The fourth-order valence-corrected chi connectivity index (χ4v) is 1.97. The average molecular weight is 256 g/mol. The Labute approximate surface area is 111 Å². The monoisotopic (exact) mass is 256 g/mol. The Kier molecular flexibility index (Phi) is 3.44. The van der Waals surface area contributed by atoms with Gasteiger partial charge >= 0.3 is 0 Å². The van der Waals surface area contributed by atoms with Crippen LogP contribution < -0.4 is 4.90 Å². The maximum absolute atomic E-state index is 8.66. The number of nitrogens with zero attached hydrogens (tertiary/aromatic N) is 6. The van der Waals surface area contributed by atoms with Gasteiger partial charge in [0.2, 0.25) is 0 Å². The molecule has 0 unspecified atom stereocenters. The summed E-state index contributed by atoms with van der Waals surface area (Å²) < 4.78 is 1.80. The quantitative estimate of drug-likeness (QED) is 0.479. The molecule has 0 aliphatic carbocycles. The van der Waals surface area contributed by atoms with E-state index in [2.05, 4.69) is 15.1 Å². The van der Waals surface area contributed by atoms with Crippen LogP contribution in [0.4, 0.5) is 11.4 Å². The van der Waals surface area contributed by atoms with Gasteiger partial charge in [-0.15, -0.1) is 0 Å². The maximum Gasteiger partial charge on any atom is 0.0765 e. The van der Waals surface area contributed by atoms with Crippen LogP contribution in [0.2, 0.25) is 0 Å². The van der Waals surface area contributed by atoms with Crippen LogP contribution in [0.1, 0.15) is 11.4 Å². The van der Waals surface area contributed by atoms with Crippen LogP contribution in [0.5, 0.6) is 0 Å². The third-order valence-corrected chi connectivity index (χ3v) is 2.87. The number of anilines is 1. The molecule has 1 heterocycles. The molecule has 0 saturated carbocycles. The van der Waals surface area contributed by atoms with Gasteiger partial charge in [-0.25, -0.2) is 4.68 Å². The van der Waals surface area contributed by atoms with Gasteiger partial charge < -0.3 is 4.90 Å². The van der Waals surface area contributed by atoms with Gasteiger partial charge in [0.15, 0.2) is 0 Å². The van der Waals surface area contributed by atoms with Crippen LogP contribution >= 0.6 is 0 Å². The van der Waals surface area contributed by atoms with Gasteiger partial charge in [0.05, 0.1) is 17.1 Å². The number of benzene rings is 1. The molecule has 0 atom stereocenters. The Bertz CT molecular complexity index is 649. The SMILES string of the molecule is Cc1cc(C)n(-c2cc(N(C)C)ccc2N=[N+]=[N-])n1. The molecular formula is C13H16N6. The number of hydrogen-bond acceptors (Lipinski definition) is 3. The van der Waals surface area contributed by atoms with E-state index in [9.17, 15) is 0 Å². The molecule has 1 aromatic heterocycles. The molecule has 0 fully saturated rings. The van der Waals surface area contributed by atoms with Crippen molar-refractivity contribution in [1.82, 2.24) is 9.78 Å². The summed E-state index contributed by atoms with van der Waals surface area (Å²) in [6, 6.07) is 7.67. The van der Waals surface area contributed by atoms with E-state index in [1.165, 1.54) is 0 Å². The highest BCUT2D eigenvalue weighted by molar-refractivity contribution is 5.65. The van der Waals surface area contributed by atoms with Gasteiger partial charge in [0, 0.05) is 30.4 Å². The Hall–Kier alpha value is -2.46. The Morgan fingerprint density at radius 1 is 1.26 bits per heavy atom. The second kappa shape index (κ2) is 5.04. The van der Waals surface area contributed by atoms with Crippen LogP contribution in [-0.2, 0) is 0 Å². The molecule has 98 valence electrons. The van der Waals surface area contributed by atoms with Gasteiger partial charge in [-0.05, 0) is 43.6 Å². The molecule has 0 N–H and O–H groups in total. The van der Waals surface area contributed by atoms with Crippen molar-refractivity contribution < 1.29 is 0 Å². The molecule has 0 spiro atoms. The second-order valence-electron chi connectivity index (χ2n) is 4.60. The van der Waals surface area contributed by atoms with Crippen molar-refractivity contribution in [3.05, 3.63) is 46.1 Å². The second-order valence-corrected chi connectivity index (χ2v) is 4.60. The average Bonchev–Trinajstić information content (AvgIpc) is 2.69. The summed E-state index contributed by atoms with van der Waals surface area (Å²) >= 11 is 0. The highest BCUT2D eigenvalue weighted by Crippen LogP contribution is 2.29. The molecule has 0 bridgehead atoms. The fraction of sp³-hybridized carbons (Fsp3) is 0.308. The normalized spacial score (nSPS) is 10.1. The first-order valence-corrected chi connectivity index (χ1v) is 5.93. The molecule has 0 aliphatic heterocycles. The summed E-state index contributed by atoms with van der Waals surface area (Å²) in [5.74, 6) is 0. The van der Waals surface area contributed by atoms with Gasteiger partial charge in [-0.3, -0.25) is 0 Å². The van der Waals surface area contributed by atoms with Crippen molar-refractivity contribution in [3.8, 4) is 5.69 Å². The molecule has 1 aromatic carbocycles. The van der Waals surface area contributed by atoms with Crippen LogP contribution in [0.15, 0.2) is 29.4 Å². The number of hydrogen-bond donors (Lipinski definition) is 0. The van der Waals surface area contributed by atoms with E-state index in [1.54, 1.807) is 10.7 Å². The zero-order chi connectivity index (χ0) is 14.0. The van der Waals surface area contributed by atoms with Crippen LogP contribution in [0.25, 0.3) is 16.1 Å². The summed E-state index contributed by atoms with van der Waals surface area (Å²) in [6.07, 6.45) is 0. The first-order chi connectivity index (χ1) is 9.02. The minimum atomic E-state index is 0.569. The maximum atomic E-state index is 8.66. The lowest BCUT2D eigenvalue weighted by molar-refractivity contribution is 0.833. The Morgan fingerprint density at radius 3 is 2.53 bits per heavy atom. The molecular weight excluding hydrogens is 240 g/mol. The Morgan fingerprint density at radius 2 is 2.00 bits per heavy atom. The molecule has 0 amide bonds. The summed E-state index contributed by atoms with van der Waals surface area (Å²) in [5.41, 5.74) is 13.0. The van der Waals surface area contributed by atoms with Crippen molar-refractivity contribution in [2.45, 2.75) is 13.8 Å². The van der Waals surface area contributed by atoms with E-state index < -0.39 is 0 Å². The summed E-state index contributed by atoms with van der Waals surface area (Å²) in [4.78, 5) is 4.87. The van der Waals surface area contributed by atoms with Crippen LogP contribution in [0, 0.1) is 13.8 Å². The number of azide groups is 1. The predicted octanol–water partition coefficient (Wildman–Crippen LogP) is 3.50. The zero-order valence-electron chi connectivity index (χ0n) is 11.5. The molecule has 0 radical (unpaired) electrons. The number of aromatic nitrogens is 2. The van der Waals surface area contributed by atoms with E-state index in [1.807, 2.05) is 51.0 Å². The lowest BCUT2D eigenvalue weighted by Gasteiger charge is -2.15. The van der Waals surface area contributed by atoms with E-state index in [0.717, 1.165) is 22.8 Å². The molecule has 2 rings (SSSR count). The highest BCUT2D eigenvalue weighted by Gasteiger charge is 2.10. The van der Waals surface area contributed by atoms with Crippen LogP contribution in [-0.4, -0.2) is 23.9 Å². The number of rotatable bonds is 3. The molecule has 6 nitrogen and oxygen atoms in total. The van der Waals surface area contributed by atoms with E-state index in [-0.39, 0.29) is 0 Å².